The number of morpholine rings is 2. The van der Waals surface area contributed by atoms with Crippen LogP contribution in [0.15, 0.2) is 77.7 Å². The molecule has 0 aromatic carbocycles. The lowest BCUT2D eigenvalue weighted by Crippen LogP contribution is -2.33. The number of pyridine rings is 4. The highest BCUT2D eigenvalue weighted by Gasteiger charge is 2.32. The summed E-state index contributed by atoms with van der Waals surface area (Å²) in [6, 6.07) is 15.1. The summed E-state index contributed by atoms with van der Waals surface area (Å²) in [6.07, 6.45) is 0.580. The van der Waals surface area contributed by atoms with E-state index in [0.29, 0.717) is 18.8 Å². The number of alkyl halides is 3. The van der Waals surface area contributed by atoms with Crippen molar-refractivity contribution in [3.8, 4) is 0 Å². The van der Waals surface area contributed by atoms with E-state index in [4.69, 9.17) is 9.47 Å². The van der Waals surface area contributed by atoms with Crippen molar-refractivity contribution in [3.63, 3.8) is 0 Å². The highest BCUT2D eigenvalue weighted by Crippen LogP contribution is 2.29. The Labute approximate surface area is 255 Å². The Balaban J connectivity index is 0.000000173. The van der Waals surface area contributed by atoms with Crippen LogP contribution in [-0.4, -0.2) is 59.3 Å². The van der Waals surface area contributed by atoms with Crippen LogP contribution in [0, 0.1) is 0 Å². The van der Waals surface area contributed by atoms with Gasteiger partial charge in [0.05, 0.1) is 48.4 Å². The molecule has 0 saturated carbocycles. The fraction of sp³-hybridized carbons (Fsp3) is 0.310. The van der Waals surface area contributed by atoms with Gasteiger partial charge < -0.3 is 30.7 Å². The number of anilines is 4. The van der Waals surface area contributed by atoms with E-state index in [1.165, 1.54) is 12.1 Å². The molecular weight excluding hydrogens is 629 g/mol. The number of hydrogen-bond donors (Lipinski definition) is 4. The Morgan fingerprint density at radius 3 is 1.79 bits per heavy atom. The number of aromatic nitrogens is 4. The summed E-state index contributed by atoms with van der Waals surface area (Å²) in [5.74, 6) is 0.906. The van der Waals surface area contributed by atoms with Crippen LogP contribution in [0.2, 0.25) is 0 Å². The minimum absolute atomic E-state index is 0.0450. The maximum atomic E-state index is 12.6. The lowest BCUT2D eigenvalue weighted by molar-refractivity contribution is -0.141. The van der Waals surface area contributed by atoms with Gasteiger partial charge in [-0.3, -0.25) is 9.97 Å². The molecule has 6 rings (SSSR count). The second kappa shape index (κ2) is 14.7. The third kappa shape index (κ3) is 9.15. The van der Waals surface area contributed by atoms with Gasteiger partial charge in [-0.2, -0.15) is 13.2 Å². The molecule has 0 bridgehead atoms. The van der Waals surface area contributed by atoms with E-state index in [2.05, 4.69) is 57.1 Å². The molecule has 14 heteroatoms. The zero-order valence-corrected chi connectivity index (χ0v) is 24.5. The predicted molar refractivity (Wildman–Crippen MR) is 159 cm³/mol. The number of nitrogens with zero attached hydrogens (tertiary/aromatic N) is 4. The Morgan fingerprint density at radius 1 is 0.721 bits per heavy atom. The Bertz CT molecular complexity index is 1430. The van der Waals surface area contributed by atoms with Crippen LogP contribution in [0.5, 0.6) is 0 Å². The summed E-state index contributed by atoms with van der Waals surface area (Å²) in [4.78, 5) is 16.6. The van der Waals surface area contributed by atoms with Gasteiger partial charge in [0.15, 0.2) is 0 Å². The molecule has 10 nitrogen and oxygen atoms in total. The Morgan fingerprint density at radius 2 is 1.33 bits per heavy atom. The number of nitrogens with one attached hydrogen (secondary N) is 4. The van der Waals surface area contributed by atoms with Crippen molar-refractivity contribution < 1.29 is 22.6 Å². The third-order valence-electron chi connectivity index (χ3n) is 6.40. The second-order valence-electron chi connectivity index (χ2n) is 9.59. The van der Waals surface area contributed by atoms with Crippen LogP contribution < -0.4 is 21.3 Å². The lowest BCUT2D eigenvalue weighted by Gasteiger charge is -2.23. The molecule has 226 valence electrons. The fourth-order valence-electron chi connectivity index (χ4n) is 4.26. The fourth-order valence-corrected chi connectivity index (χ4v) is 4.49. The van der Waals surface area contributed by atoms with Gasteiger partial charge in [-0.15, -0.1) is 0 Å². The molecule has 2 saturated heterocycles. The van der Waals surface area contributed by atoms with Gasteiger partial charge in [-0.25, -0.2) is 9.97 Å². The van der Waals surface area contributed by atoms with Crippen LogP contribution in [-0.2, 0) is 15.7 Å². The largest absolute Gasteiger partial charge is 0.433 e. The Hall–Kier alpha value is -3.69. The molecule has 0 unspecified atom stereocenters. The Kier molecular flexibility index (Phi) is 10.5. The van der Waals surface area contributed by atoms with Crippen LogP contribution in [0.25, 0.3) is 0 Å². The molecule has 43 heavy (non-hydrogen) atoms. The normalized spacial score (nSPS) is 18.7. The molecular formula is C29H30BrF3N8O2. The smallest absolute Gasteiger partial charge is 0.369 e. The maximum Gasteiger partial charge on any atom is 0.433 e. The summed E-state index contributed by atoms with van der Waals surface area (Å²) < 4.78 is 50.2. The molecule has 0 radical (unpaired) electrons. The minimum Gasteiger partial charge on any atom is -0.369 e. The highest BCUT2D eigenvalue weighted by atomic mass is 79.9. The molecule has 4 aromatic rings. The molecule has 0 aliphatic carbocycles. The van der Waals surface area contributed by atoms with Crippen molar-refractivity contribution >= 4 is 38.9 Å². The summed E-state index contributed by atoms with van der Waals surface area (Å²) in [6.45, 7) is 4.58. The first-order chi connectivity index (χ1) is 20.8. The second-order valence-corrected chi connectivity index (χ2v) is 10.5. The molecule has 2 atom stereocenters. The van der Waals surface area contributed by atoms with Crippen molar-refractivity contribution in [1.29, 1.82) is 0 Å². The topological polar surface area (TPSA) is 118 Å². The average Bonchev–Trinajstić information content (AvgIpc) is 3.04. The van der Waals surface area contributed by atoms with Gasteiger partial charge >= 0.3 is 6.18 Å². The summed E-state index contributed by atoms with van der Waals surface area (Å²) >= 11 is 3.36. The van der Waals surface area contributed by atoms with Gasteiger partial charge in [0.1, 0.15) is 29.5 Å². The van der Waals surface area contributed by atoms with Crippen LogP contribution in [0.4, 0.5) is 36.2 Å². The van der Waals surface area contributed by atoms with Gasteiger partial charge in [0, 0.05) is 36.8 Å². The summed E-state index contributed by atoms with van der Waals surface area (Å²) in [5.41, 5.74) is 2.26. The monoisotopic (exact) mass is 658 g/mol. The first-order valence-corrected chi connectivity index (χ1v) is 14.4. The van der Waals surface area contributed by atoms with Gasteiger partial charge in [-0.1, -0.05) is 6.07 Å². The molecule has 6 heterocycles. The van der Waals surface area contributed by atoms with E-state index in [0.717, 1.165) is 59.7 Å². The quantitative estimate of drug-likeness (QED) is 0.210. The van der Waals surface area contributed by atoms with Crippen molar-refractivity contribution in [2.24, 2.45) is 0 Å². The van der Waals surface area contributed by atoms with E-state index >= 15 is 0 Å². The van der Waals surface area contributed by atoms with Gasteiger partial charge in [0.25, 0.3) is 0 Å². The first-order valence-electron chi connectivity index (χ1n) is 13.6. The van der Waals surface area contributed by atoms with Crippen LogP contribution in [0.3, 0.4) is 0 Å². The molecule has 2 aliphatic rings. The summed E-state index contributed by atoms with van der Waals surface area (Å²) in [5, 5.41) is 12.5. The summed E-state index contributed by atoms with van der Waals surface area (Å²) in [7, 11) is 0. The van der Waals surface area contributed by atoms with Crippen molar-refractivity contribution in [2.45, 2.75) is 18.4 Å². The van der Waals surface area contributed by atoms with Gasteiger partial charge in [-0.05, 0) is 64.5 Å². The van der Waals surface area contributed by atoms with E-state index in [-0.39, 0.29) is 18.0 Å². The molecule has 0 amide bonds. The highest BCUT2D eigenvalue weighted by molar-refractivity contribution is 9.10. The number of ether oxygens (including phenoxy) is 2. The van der Waals surface area contributed by atoms with E-state index in [1.54, 1.807) is 30.7 Å². The zero-order valence-electron chi connectivity index (χ0n) is 22.9. The van der Waals surface area contributed by atoms with Crippen molar-refractivity contribution in [2.75, 3.05) is 50.0 Å². The predicted octanol–water partition coefficient (Wildman–Crippen LogP) is 5.54. The number of hydrogen-bond acceptors (Lipinski definition) is 10. The molecule has 4 aromatic heterocycles. The molecule has 0 spiro atoms. The number of rotatable bonds is 6. The number of halogens is 4. The average molecular weight is 660 g/mol. The SMILES string of the molecule is Brc1ccc(Nc2ccc([C@H]3CNCCO3)nc2)nc1.FC(F)(F)c1cccc(Nc2ccc([C@@H]3CNCCO3)nc2)n1. The standard InChI is InChI=1S/C15H15F3N4O.C14H15BrN4O/c16-15(17,18)13-2-1-3-14(22-13)21-10-4-5-11(20-8-10)12-9-19-6-7-23-12;15-10-1-4-14(18-7-10)19-11-2-3-12(17-8-11)13-9-16-5-6-20-13/h1-5,8,12,19H,6-7,9H2,(H,21,22);1-4,7-8,13,16H,5-6,9H2,(H,18,19)/t12-;13-/m01/s1. The minimum atomic E-state index is -4.47. The van der Waals surface area contributed by atoms with Crippen molar-refractivity contribution in [3.05, 3.63) is 94.7 Å². The maximum absolute atomic E-state index is 12.6. The van der Waals surface area contributed by atoms with Crippen LogP contribution >= 0.6 is 15.9 Å². The van der Waals surface area contributed by atoms with E-state index in [1.807, 2.05) is 24.3 Å². The molecule has 2 fully saturated rings. The van der Waals surface area contributed by atoms with Gasteiger partial charge in [0.2, 0.25) is 0 Å². The van der Waals surface area contributed by atoms with Crippen LogP contribution in [0.1, 0.15) is 29.3 Å². The van der Waals surface area contributed by atoms with E-state index in [9.17, 15) is 13.2 Å². The van der Waals surface area contributed by atoms with E-state index < -0.39 is 11.9 Å². The zero-order chi connectivity index (χ0) is 30.1. The molecule has 2 aliphatic heterocycles. The van der Waals surface area contributed by atoms with Crippen molar-refractivity contribution in [1.82, 2.24) is 30.6 Å². The third-order valence-corrected chi connectivity index (χ3v) is 6.87. The molecule has 4 N–H and O–H groups in total. The lowest BCUT2D eigenvalue weighted by atomic mass is 10.2. The first kappa shape index (κ1) is 30.8.